The number of unbranched alkanes of at least 4 members (excludes halogenated alkanes) is 7. The molecule has 166 valence electrons. The van der Waals surface area contributed by atoms with Crippen molar-refractivity contribution in [2.45, 2.75) is 96.6 Å². The number of aryl methyl sites for hydroxylation is 2. The lowest BCUT2D eigenvalue weighted by Gasteiger charge is -2.11. The van der Waals surface area contributed by atoms with Gasteiger partial charge < -0.3 is 14.6 Å². The predicted molar refractivity (Wildman–Crippen MR) is 123 cm³/mol. The molecule has 0 spiro atoms. The number of nitrogens with one attached hydrogen (secondary N) is 1. The average molecular weight is 414 g/mol. The van der Waals surface area contributed by atoms with E-state index in [4.69, 9.17) is 9.72 Å². The van der Waals surface area contributed by atoms with Crippen LogP contribution in [0.15, 0.2) is 24.3 Å². The summed E-state index contributed by atoms with van der Waals surface area (Å²) in [6.07, 6.45) is 13.8. The van der Waals surface area contributed by atoms with Crippen molar-refractivity contribution < 1.29 is 9.53 Å². The molecule has 1 aliphatic heterocycles. The predicted octanol–water partition coefficient (Wildman–Crippen LogP) is 5.40. The standard InChI is InChI=1S/C25H39N3O2/c1-2-3-4-5-6-12-19-28-22-15-10-9-14-21(22)27-24(28)17-8-7-11-18-26-25(29)23-16-13-20-30-23/h9-10,14-15,23H,2-8,11-13,16-20H2,1H3,(H,26,29). The lowest BCUT2D eigenvalue weighted by atomic mass is 10.1. The van der Waals surface area contributed by atoms with Crippen molar-refractivity contribution in [1.82, 2.24) is 14.9 Å². The van der Waals surface area contributed by atoms with Crippen LogP contribution in [0.4, 0.5) is 0 Å². The van der Waals surface area contributed by atoms with Crippen LogP contribution in [0.3, 0.4) is 0 Å². The number of carbonyl (C=O) groups is 1. The van der Waals surface area contributed by atoms with Crippen LogP contribution in [-0.2, 0) is 22.5 Å². The topological polar surface area (TPSA) is 56.2 Å². The highest BCUT2D eigenvalue weighted by Gasteiger charge is 2.22. The minimum Gasteiger partial charge on any atom is -0.368 e. The number of ether oxygens (including phenoxy) is 1. The first-order valence-electron chi connectivity index (χ1n) is 12.1. The van der Waals surface area contributed by atoms with Gasteiger partial charge in [0.1, 0.15) is 11.9 Å². The molecule has 0 bridgehead atoms. The largest absolute Gasteiger partial charge is 0.368 e. The van der Waals surface area contributed by atoms with Gasteiger partial charge >= 0.3 is 0 Å². The Kier molecular flexibility index (Phi) is 9.68. The molecule has 1 aromatic carbocycles. The van der Waals surface area contributed by atoms with E-state index < -0.39 is 0 Å². The zero-order valence-corrected chi connectivity index (χ0v) is 18.7. The Bertz CT molecular complexity index is 765. The number of fused-ring (bicyclic) bond motifs is 1. The summed E-state index contributed by atoms with van der Waals surface area (Å²) in [5.74, 6) is 1.28. The lowest BCUT2D eigenvalue weighted by molar-refractivity contribution is -0.130. The van der Waals surface area contributed by atoms with Gasteiger partial charge in [0.25, 0.3) is 0 Å². The van der Waals surface area contributed by atoms with Crippen molar-refractivity contribution >= 4 is 16.9 Å². The van der Waals surface area contributed by atoms with Crippen molar-refractivity contribution in [3.63, 3.8) is 0 Å². The molecule has 1 aromatic heterocycles. The number of nitrogens with zero attached hydrogens (tertiary/aromatic N) is 2. The highest BCUT2D eigenvalue weighted by Crippen LogP contribution is 2.19. The van der Waals surface area contributed by atoms with Gasteiger partial charge in [-0.25, -0.2) is 4.98 Å². The van der Waals surface area contributed by atoms with Crippen LogP contribution >= 0.6 is 0 Å². The maximum atomic E-state index is 12.0. The number of hydrogen-bond donors (Lipinski definition) is 1. The van der Waals surface area contributed by atoms with Gasteiger partial charge in [-0.3, -0.25) is 4.79 Å². The van der Waals surface area contributed by atoms with Crippen molar-refractivity contribution in [3.8, 4) is 0 Å². The molecule has 1 unspecified atom stereocenters. The summed E-state index contributed by atoms with van der Waals surface area (Å²) < 4.78 is 7.87. The summed E-state index contributed by atoms with van der Waals surface area (Å²) in [4.78, 5) is 16.9. The first-order valence-corrected chi connectivity index (χ1v) is 12.1. The Morgan fingerprint density at radius 2 is 1.90 bits per heavy atom. The summed E-state index contributed by atoms with van der Waals surface area (Å²) in [5.41, 5.74) is 2.38. The van der Waals surface area contributed by atoms with E-state index in [2.05, 4.69) is 41.1 Å². The molecule has 1 aliphatic rings. The molecule has 5 nitrogen and oxygen atoms in total. The van der Waals surface area contributed by atoms with Crippen molar-refractivity contribution in [2.75, 3.05) is 13.2 Å². The van der Waals surface area contributed by atoms with Gasteiger partial charge in [-0.05, 0) is 44.2 Å². The smallest absolute Gasteiger partial charge is 0.249 e. The summed E-state index contributed by atoms with van der Waals surface area (Å²) in [6.45, 7) is 4.80. The van der Waals surface area contributed by atoms with E-state index in [9.17, 15) is 4.79 Å². The molecule has 30 heavy (non-hydrogen) atoms. The quantitative estimate of drug-likeness (QED) is 0.422. The summed E-state index contributed by atoms with van der Waals surface area (Å²) in [7, 11) is 0. The SMILES string of the molecule is CCCCCCCCn1c(CCCCCNC(=O)C2CCCO2)nc2ccccc21. The summed E-state index contributed by atoms with van der Waals surface area (Å²) in [5, 5.41) is 3.02. The Labute approximate surface area is 181 Å². The molecule has 2 heterocycles. The molecule has 1 atom stereocenters. The minimum atomic E-state index is -0.216. The van der Waals surface area contributed by atoms with E-state index in [1.165, 1.54) is 49.9 Å². The maximum Gasteiger partial charge on any atom is 0.249 e. The van der Waals surface area contributed by atoms with Gasteiger partial charge in [0.15, 0.2) is 0 Å². The molecule has 1 saturated heterocycles. The highest BCUT2D eigenvalue weighted by molar-refractivity contribution is 5.80. The molecule has 0 aliphatic carbocycles. The van der Waals surface area contributed by atoms with Gasteiger partial charge in [-0.2, -0.15) is 0 Å². The fraction of sp³-hybridized carbons (Fsp3) is 0.680. The van der Waals surface area contributed by atoms with Gasteiger partial charge in [-0.15, -0.1) is 0 Å². The van der Waals surface area contributed by atoms with Crippen LogP contribution in [0.2, 0.25) is 0 Å². The molecular formula is C25H39N3O2. The van der Waals surface area contributed by atoms with E-state index >= 15 is 0 Å². The second kappa shape index (κ2) is 12.7. The zero-order valence-electron chi connectivity index (χ0n) is 18.7. The summed E-state index contributed by atoms with van der Waals surface area (Å²) >= 11 is 0. The van der Waals surface area contributed by atoms with E-state index in [-0.39, 0.29) is 12.0 Å². The first kappa shape index (κ1) is 22.8. The molecule has 2 aromatic rings. The van der Waals surface area contributed by atoms with E-state index in [0.29, 0.717) is 0 Å². The fourth-order valence-electron chi connectivity index (χ4n) is 4.31. The normalized spacial score (nSPS) is 16.4. The van der Waals surface area contributed by atoms with Crippen molar-refractivity contribution in [1.29, 1.82) is 0 Å². The van der Waals surface area contributed by atoms with Gasteiger partial charge in [0.2, 0.25) is 5.91 Å². The fourth-order valence-corrected chi connectivity index (χ4v) is 4.31. The van der Waals surface area contributed by atoms with Crippen LogP contribution < -0.4 is 5.32 Å². The van der Waals surface area contributed by atoms with Gasteiger partial charge in [0.05, 0.1) is 11.0 Å². The average Bonchev–Trinajstić information content (AvgIpc) is 3.41. The van der Waals surface area contributed by atoms with Crippen LogP contribution in [0, 0.1) is 0 Å². The Morgan fingerprint density at radius 3 is 2.73 bits per heavy atom. The number of benzene rings is 1. The van der Waals surface area contributed by atoms with Crippen LogP contribution in [0.5, 0.6) is 0 Å². The van der Waals surface area contributed by atoms with E-state index in [0.717, 1.165) is 63.7 Å². The number of hydrogen-bond acceptors (Lipinski definition) is 3. The van der Waals surface area contributed by atoms with Gasteiger partial charge in [-0.1, -0.05) is 57.6 Å². The van der Waals surface area contributed by atoms with Crippen LogP contribution in [0.1, 0.15) is 83.4 Å². The van der Waals surface area contributed by atoms with Crippen molar-refractivity contribution in [3.05, 3.63) is 30.1 Å². The molecule has 1 fully saturated rings. The molecule has 0 saturated carbocycles. The monoisotopic (exact) mass is 413 g/mol. The highest BCUT2D eigenvalue weighted by atomic mass is 16.5. The Balaban J connectivity index is 1.41. The molecule has 3 rings (SSSR count). The van der Waals surface area contributed by atoms with E-state index in [1.807, 2.05) is 0 Å². The number of amides is 1. The maximum absolute atomic E-state index is 12.0. The second-order valence-electron chi connectivity index (χ2n) is 8.54. The first-order chi connectivity index (χ1) is 14.8. The Hall–Kier alpha value is -1.88. The number of carbonyl (C=O) groups excluding carboxylic acids is 1. The van der Waals surface area contributed by atoms with Gasteiger partial charge in [0, 0.05) is 26.1 Å². The molecule has 5 heteroatoms. The number of rotatable bonds is 14. The molecule has 1 N–H and O–H groups in total. The van der Waals surface area contributed by atoms with Crippen LogP contribution in [0.25, 0.3) is 11.0 Å². The summed E-state index contributed by atoms with van der Waals surface area (Å²) in [6, 6.07) is 8.51. The second-order valence-corrected chi connectivity index (χ2v) is 8.54. The number of aromatic nitrogens is 2. The third-order valence-corrected chi connectivity index (χ3v) is 6.07. The van der Waals surface area contributed by atoms with E-state index in [1.54, 1.807) is 0 Å². The number of imidazole rings is 1. The molecule has 1 amide bonds. The molecule has 0 radical (unpaired) electrons. The Morgan fingerprint density at radius 1 is 1.10 bits per heavy atom. The minimum absolute atomic E-state index is 0.0632. The third kappa shape index (κ3) is 6.83. The van der Waals surface area contributed by atoms with Crippen LogP contribution in [-0.4, -0.2) is 34.7 Å². The zero-order chi connectivity index (χ0) is 21.0. The molecular weight excluding hydrogens is 374 g/mol. The lowest BCUT2D eigenvalue weighted by Crippen LogP contribution is -2.34. The van der Waals surface area contributed by atoms with Crippen molar-refractivity contribution in [2.24, 2.45) is 0 Å². The third-order valence-electron chi connectivity index (χ3n) is 6.07. The number of para-hydroxylation sites is 2.